The van der Waals surface area contributed by atoms with Crippen molar-refractivity contribution >= 4 is 21.9 Å². The Hall–Kier alpha value is -1.93. The van der Waals surface area contributed by atoms with Gasteiger partial charge in [0.25, 0.3) is 10.1 Å². The van der Waals surface area contributed by atoms with Gasteiger partial charge in [-0.2, -0.15) is 13.4 Å². The highest BCUT2D eigenvalue weighted by Gasteiger charge is 2.14. The number of hydrogen-bond acceptors (Lipinski definition) is 5. The SMILES string of the molecule is C#CCCOS(=O)(=O)c1ccc(N=C=O)cc1. The number of hydrogen-bond donors (Lipinski definition) is 0. The molecule has 6 heteroatoms. The van der Waals surface area contributed by atoms with Crippen LogP contribution in [0.15, 0.2) is 34.2 Å². The van der Waals surface area contributed by atoms with Crippen LogP contribution in [0.4, 0.5) is 5.69 Å². The zero-order valence-electron chi connectivity index (χ0n) is 8.79. The van der Waals surface area contributed by atoms with Crippen LogP contribution in [0.2, 0.25) is 0 Å². The average Bonchev–Trinajstić information content (AvgIpc) is 2.30. The molecule has 0 aromatic heterocycles. The summed E-state index contributed by atoms with van der Waals surface area (Å²) >= 11 is 0. The molecule has 0 saturated carbocycles. The third kappa shape index (κ3) is 3.85. The van der Waals surface area contributed by atoms with Gasteiger partial charge in [-0.15, -0.1) is 12.3 Å². The van der Waals surface area contributed by atoms with Gasteiger partial charge in [0.1, 0.15) is 0 Å². The van der Waals surface area contributed by atoms with Crippen molar-refractivity contribution in [3.05, 3.63) is 24.3 Å². The summed E-state index contributed by atoms with van der Waals surface area (Å²) in [4.78, 5) is 13.3. The zero-order chi connectivity index (χ0) is 12.7. The van der Waals surface area contributed by atoms with Crippen molar-refractivity contribution in [2.24, 2.45) is 4.99 Å². The average molecular weight is 251 g/mol. The molecular weight excluding hydrogens is 242 g/mol. The van der Waals surface area contributed by atoms with Crippen LogP contribution in [-0.2, 0) is 19.1 Å². The van der Waals surface area contributed by atoms with Crippen molar-refractivity contribution in [1.82, 2.24) is 0 Å². The first kappa shape index (κ1) is 13.1. The van der Waals surface area contributed by atoms with Crippen molar-refractivity contribution in [2.45, 2.75) is 11.3 Å². The summed E-state index contributed by atoms with van der Waals surface area (Å²) in [5, 5.41) is 0. The first-order valence-corrected chi connectivity index (χ1v) is 6.02. The van der Waals surface area contributed by atoms with E-state index in [1.807, 2.05) is 0 Å². The number of nitrogens with zero attached hydrogens (tertiary/aromatic N) is 1. The Bertz CT molecular complexity index is 562. The molecule has 0 spiro atoms. The lowest BCUT2D eigenvalue weighted by atomic mass is 10.3. The minimum atomic E-state index is -3.80. The fourth-order valence-corrected chi connectivity index (χ4v) is 1.93. The van der Waals surface area contributed by atoms with E-state index in [0.717, 1.165) is 0 Å². The Balaban J connectivity index is 2.85. The van der Waals surface area contributed by atoms with Crippen LogP contribution in [0, 0.1) is 12.3 Å². The van der Waals surface area contributed by atoms with E-state index < -0.39 is 10.1 Å². The molecule has 0 amide bonds. The number of benzene rings is 1. The highest BCUT2D eigenvalue weighted by Crippen LogP contribution is 2.17. The Morgan fingerprint density at radius 1 is 1.29 bits per heavy atom. The lowest BCUT2D eigenvalue weighted by Gasteiger charge is -2.03. The molecule has 88 valence electrons. The quantitative estimate of drug-likeness (QED) is 0.260. The topological polar surface area (TPSA) is 72.8 Å². The van der Waals surface area contributed by atoms with Crippen LogP contribution in [0.3, 0.4) is 0 Å². The lowest BCUT2D eigenvalue weighted by Crippen LogP contribution is -2.07. The molecule has 0 aliphatic heterocycles. The summed E-state index contributed by atoms with van der Waals surface area (Å²) < 4.78 is 27.8. The first-order chi connectivity index (χ1) is 8.10. The van der Waals surface area contributed by atoms with Crippen LogP contribution >= 0.6 is 0 Å². The maximum Gasteiger partial charge on any atom is 0.297 e. The van der Waals surface area contributed by atoms with Crippen LogP contribution in [-0.4, -0.2) is 21.1 Å². The molecule has 1 aromatic rings. The van der Waals surface area contributed by atoms with Gasteiger partial charge in [0.15, 0.2) is 0 Å². The van der Waals surface area contributed by atoms with E-state index in [1.54, 1.807) is 0 Å². The monoisotopic (exact) mass is 251 g/mol. The number of aliphatic imine (C=N–C) groups is 1. The van der Waals surface area contributed by atoms with Gasteiger partial charge in [0.2, 0.25) is 6.08 Å². The molecule has 0 N–H and O–H groups in total. The summed E-state index contributed by atoms with van der Waals surface area (Å²) in [7, 11) is -3.80. The van der Waals surface area contributed by atoms with Crippen molar-refractivity contribution in [3.8, 4) is 12.3 Å². The zero-order valence-corrected chi connectivity index (χ0v) is 9.61. The summed E-state index contributed by atoms with van der Waals surface area (Å²) in [6.45, 7) is -0.0624. The molecule has 1 aromatic carbocycles. The summed E-state index contributed by atoms with van der Waals surface area (Å²) in [6.07, 6.45) is 6.55. The second kappa shape index (κ2) is 5.97. The molecule has 0 bridgehead atoms. The second-order valence-electron chi connectivity index (χ2n) is 2.93. The van der Waals surface area contributed by atoms with Gasteiger partial charge >= 0.3 is 0 Å². The van der Waals surface area contributed by atoms with E-state index in [1.165, 1.54) is 30.3 Å². The minimum absolute atomic E-state index is 0.0145. The van der Waals surface area contributed by atoms with E-state index in [2.05, 4.69) is 15.1 Å². The molecule has 17 heavy (non-hydrogen) atoms. The Labute approximate surface area is 99.3 Å². The van der Waals surface area contributed by atoms with Crippen LogP contribution in [0.25, 0.3) is 0 Å². The third-order valence-corrected chi connectivity index (χ3v) is 3.11. The van der Waals surface area contributed by atoms with E-state index in [0.29, 0.717) is 5.69 Å². The molecule has 0 aliphatic rings. The van der Waals surface area contributed by atoms with Crippen LogP contribution in [0.5, 0.6) is 0 Å². The van der Waals surface area contributed by atoms with Gasteiger partial charge in [-0.1, -0.05) is 0 Å². The Morgan fingerprint density at radius 2 is 1.94 bits per heavy atom. The predicted octanol–water partition coefficient (Wildman–Crippen LogP) is 1.38. The number of carbonyl (C=O) groups excluding carboxylic acids is 1. The maximum atomic E-state index is 11.6. The molecule has 0 radical (unpaired) electrons. The highest BCUT2D eigenvalue weighted by atomic mass is 32.2. The Morgan fingerprint density at radius 3 is 2.47 bits per heavy atom. The fourth-order valence-electron chi connectivity index (χ4n) is 1.02. The van der Waals surface area contributed by atoms with Gasteiger partial charge in [-0.05, 0) is 24.3 Å². The van der Waals surface area contributed by atoms with Crippen LogP contribution in [0.1, 0.15) is 6.42 Å². The molecule has 0 atom stereocenters. The van der Waals surface area contributed by atoms with Gasteiger partial charge < -0.3 is 0 Å². The largest absolute Gasteiger partial charge is 0.297 e. The number of rotatable bonds is 5. The van der Waals surface area contributed by atoms with Crippen molar-refractivity contribution in [1.29, 1.82) is 0 Å². The van der Waals surface area contributed by atoms with E-state index in [4.69, 9.17) is 6.42 Å². The smallest absolute Gasteiger partial charge is 0.265 e. The molecular formula is C11H9NO4S. The van der Waals surface area contributed by atoms with Crippen molar-refractivity contribution in [3.63, 3.8) is 0 Å². The molecule has 1 rings (SSSR count). The van der Waals surface area contributed by atoms with E-state index >= 15 is 0 Å². The standard InChI is InChI=1S/C11H9NO4S/c1-2-3-8-16-17(14,15)11-6-4-10(5-7-11)12-9-13/h1,4-7H,3,8H2. The molecule has 5 nitrogen and oxygen atoms in total. The van der Waals surface area contributed by atoms with Crippen molar-refractivity contribution < 1.29 is 17.4 Å². The highest BCUT2D eigenvalue weighted by molar-refractivity contribution is 7.86. The molecule has 0 heterocycles. The summed E-state index contributed by atoms with van der Waals surface area (Å²) in [5.74, 6) is 2.27. The molecule has 0 fully saturated rings. The predicted molar refractivity (Wildman–Crippen MR) is 60.8 cm³/mol. The maximum absolute atomic E-state index is 11.6. The van der Waals surface area contributed by atoms with Gasteiger partial charge in [-0.3, -0.25) is 4.18 Å². The van der Waals surface area contributed by atoms with Gasteiger partial charge in [-0.25, -0.2) is 4.79 Å². The van der Waals surface area contributed by atoms with Gasteiger partial charge in [0.05, 0.1) is 17.2 Å². The van der Waals surface area contributed by atoms with Gasteiger partial charge in [0, 0.05) is 6.42 Å². The Kier molecular flexibility index (Phi) is 4.61. The number of terminal acetylenes is 1. The molecule has 0 aliphatic carbocycles. The normalized spacial score (nSPS) is 10.3. The lowest BCUT2D eigenvalue weighted by molar-refractivity contribution is 0.327. The first-order valence-electron chi connectivity index (χ1n) is 4.61. The number of isocyanates is 1. The van der Waals surface area contributed by atoms with E-state index in [9.17, 15) is 13.2 Å². The molecule has 0 saturated heterocycles. The third-order valence-electron chi connectivity index (χ3n) is 1.79. The molecule has 0 unspecified atom stereocenters. The second-order valence-corrected chi connectivity index (χ2v) is 4.54. The summed E-state index contributed by atoms with van der Waals surface area (Å²) in [5.41, 5.74) is 0.322. The fraction of sp³-hybridized carbons (Fsp3) is 0.182. The van der Waals surface area contributed by atoms with E-state index in [-0.39, 0.29) is 17.9 Å². The summed E-state index contributed by atoms with van der Waals surface area (Å²) in [6, 6.07) is 5.34. The van der Waals surface area contributed by atoms with Crippen molar-refractivity contribution in [2.75, 3.05) is 6.61 Å². The minimum Gasteiger partial charge on any atom is -0.265 e. The van der Waals surface area contributed by atoms with Crippen LogP contribution < -0.4 is 0 Å².